The standard InChI is InChI=1S/C66H62N12O18/c1-4-52(79)85-28-13-31-88-55(82)25-10-22-49-67-58(73-91-49)40-16-7-19-43(34-40)61-70-64(94-76-61)46-37-47(65-71-62(77-95-65)44-20-8-17-41(35-44)59-68-50(92-74-59)23-11-26-56(83)89-32-14-29-86-53(80)5-2)39-48(38-46)66-72-63(78-96-66)45-21-9-18-42(36-45)60-69-51(93-75-60)24-12-27-57(84)90-33-15-30-87-54(81)6-3/h4-5,7-9,16-21,34-39H,1-2,6,10-15,22-33H2,3H3. The smallest absolute Gasteiger partial charge is 0.330 e. The Morgan fingerprint density at radius 3 is 0.896 bits per heavy atom. The lowest BCUT2D eigenvalue weighted by Crippen LogP contribution is -2.10. The van der Waals surface area contributed by atoms with Crippen molar-refractivity contribution in [3.63, 3.8) is 0 Å². The third kappa shape index (κ3) is 19.1. The van der Waals surface area contributed by atoms with E-state index in [1.54, 1.807) is 97.9 Å². The fraction of sp³-hybridized carbons (Fsp3) is 0.303. The van der Waals surface area contributed by atoms with Crippen molar-refractivity contribution in [2.75, 3.05) is 39.6 Å². The molecule has 0 bridgehead atoms. The monoisotopic (exact) mass is 1310 g/mol. The highest BCUT2D eigenvalue weighted by atomic mass is 16.6. The van der Waals surface area contributed by atoms with Crippen molar-refractivity contribution < 1.29 is 84.3 Å². The molecule has 6 aromatic heterocycles. The molecule has 494 valence electrons. The summed E-state index contributed by atoms with van der Waals surface area (Å²) in [5, 5.41) is 25.5. The minimum atomic E-state index is -0.547. The third-order valence-electron chi connectivity index (χ3n) is 13.8. The van der Waals surface area contributed by atoms with Crippen molar-refractivity contribution >= 4 is 35.8 Å². The lowest BCUT2D eigenvalue weighted by molar-refractivity contribution is -0.147. The van der Waals surface area contributed by atoms with Crippen LogP contribution < -0.4 is 0 Å². The van der Waals surface area contributed by atoms with Gasteiger partial charge in [-0.1, -0.05) is 106 Å². The fourth-order valence-electron chi connectivity index (χ4n) is 9.04. The maximum atomic E-state index is 12.3. The predicted octanol–water partition coefficient (Wildman–Crippen LogP) is 10.2. The Labute approximate surface area is 545 Å². The van der Waals surface area contributed by atoms with E-state index in [2.05, 4.69) is 59.0 Å². The van der Waals surface area contributed by atoms with E-state index < -0.39 is 29.8 Å². The Morgan fingerprint density at radius 1 is 0.344 bits per heavy atom. The molecule has 0 saturated carbocycles. The molecule has 10 rings (SSSR count). The Balaban J connectivity index is 0.837. The van der Waals surface area contributed by atoms with Gasteiger partial charge in [-0.2, -0.15) is 29.9 Å². The van der Waals surface area contributed by atoms with Crippen molar-refractivity contribution in [2.24, 2.45) is 0 Å². The van der Waals surface area contributed by atoms with Crippen LogP contribution >= 0.6 is 0 Å². The van der Waals surface area contributed by atoms with Crippen LogP contribution in [0, 0.1) is 0 Å². The first-order chi connectivity index (χ1) is 46.9. The molecular weight excluding hydrogens is 1250 g/mol. The molecule has 6 heterocycles. The van der Waals surface area contributed by atoms with Gasteiger partial charge in [0.15, 0.2) is 0 Å². The van der Waals surface area contributed by atoms with Crippen LogP contribution in [-0.4, -0.2) is 136 Å². The number of ether oxygens (including phenoxy) is 6. The molecule has 0 unspecified atom stereocenters. The molecule has 96 heavy (non-hydrogen) atoms. The van der Waals surface area contributed by atoms with Crippen LogP contribution in [0.25, 0.3) is 103 Å². The van der Waals surface area contributed by atoms with Gasteiger partial charge in [0, 0.05) is 126 Å². The van der Waals surface area contributed by atoms with Crippen molar-refractivity contribution in [3.8, 4) is 103 Å². The van der Waals surface area contributed by atoms with Crippen molar-refractivity contribution in [3.05, 3.63) is 134 Å². The van der Waals surface area contributed by atoms with E-state index in [4.69, 9.17) is 70.5 Å². The van der Waals surface area contributed by atoms with Crippen LogP contribution in [0.2, 0.25) is 0 Å². The molecule has 0 aliphatic carbocycles. The summed E-state index contributed by atoms with van der Waals surface area (Å²) in [6, 6.07) is 26.6. The maximum absolute atomic E-state index is 12.3. The van der Waals surface area contributed by atoms with E-state index in [9.17, 15) is 28.8 Å². The van der Waals surface area contributed by atoms with Crippen LogP contribution in [0.15, 0.2) is 143 Å². The molecule has 0 radical (unpaired) electrons. The van der Waals surface area contributed by atoms with Crippen molar-refractivity contribution in [2.45, 2.75) is 90.4 Å². The van der Waals surface area contributed by atoms with Crippen LogP contribution in [0.3, 0.4) is 0 Å². The molecule has 0 fully saturated rings. The molecule has 0 saturated heterocycles. The second-order valence-electron chi connectivity index (χ2n) is 20.9. The Morgan fingerprint density at radius 2 is 0.604 bits per heavy atom. The number of hydrogen-bond donors (Lipinski definition) is 0. The third-order valence-corrected chi connectivity index (χ3v) is 13.8. The molecule has 0 aliphatic rings. The number of nitrogens with zero attached hydrogens (tertiary/aromatic N) is 12. The summed E-state index contributed by atoms with van der Waals surface area (Å²) in [5.41, 5.74) is 4.69. The molecule has 0 N–H and O–H groups in total. The van der Waals surface area contributed by atoms with Crippen LogP contribution in [0.1, 0.15) is 88.8 Å². The van der Waals surface area contributed by atoms with Gasteiger partial charge in [0.05, 0.1) is 39.6 Å². The zero-order valence-electron chi connectivity index (χ0n) is 51.9. The topological polar surface area (TPSA) is 391 Å². The average molecular weight is 1310 g/mol. The summed E-state index contributed by atoms with van der Waals surface area (Å²) in [7, 11) is 0. The summed E-state index contributed by atoms with van der Waals surface area (Å²) < 4.78 is 64.8. The SMILES string of the molecule is C=CC(=O)OCCCOC(=O)CCCc1nc(-c2cccc(-c3noc(-c4cc(-c5nc(-c6cccc(-c7noc(CCCC(=O)OCCCOC(=O)C=C)n7)c6)no5)cc(-c5nc(-c6cccc(-c7noc(CCCC(=O)OCCCOC(=O)CC)n7)c6)no5)c4)n3)c2)no1. The number of aryl methyl sites for hydroxylation is 3. The van der Waals surface area contributed by atoms with E-state index in [0.717, 1.165) is 12.2 Å². The van der Waals surface area contributed by atoms with Gasteiger partial charge in [0.1, 0.15) is 0 Å². The van der Waals surface area contributed by atoms with Gasteiger partial charge in [-0.05, 0) is 55.7 Å². The highest BCUT2D eigenvalue weighted by Gasteiger charge is 2.23. The number of hydrogen-bond acceptors (Lipinski definition) is 30. The van der Waals surface area contributed by atoms with E-state index in [0.29, 0.717) is 143 Å². The van der Waals surface area contributed by atoms with Gasteiger partial charge in [-0.15, -0.1) is 0 Å². The van der Waals surface area contributed by atoms with E-state index in [-0.39, 0.29) is 106 Å². The summed E-state index contributed by atoms with van der Waals surface area (Å²) in [6.45, 7) is 9.12. The molecule has 0 aliphatic heterocycles. The number of esters is 6. The Kier molecular flexibility index (Phi) is 23.4. The summed E-state index contributed by atoms with van der Waals surface area (Å²) in [4.78, 5) is 98.6. The number of carbonyl (C=O) groups is 6. The number of rotatable bonds is 36. The number of benzene rings is 4. The molecule has 10 aromatic rings. The lowest BCUT2D eigenvalue weighted by Gasteiger charge is -2.05. The highest BCUT2D eigenvalue weighted by Crippen LogP contribution is 2.35. The van der Waals surface area contributed by atoms with Gasteiger partial charge in [0.2, 0.25) is 52.6 Å². The van der Waals surface area contributed by atoms with Gasteiger partial charge in [-0.25, -0.2) is 9.59 Å². The molecule has 4 aromatic carbocycles. The van der Waals surface area contributed by atoms with E-state index in [1.807, 2.05) is 0 Å². The van der Waals surface area contributed by atoms with Gasteiger partial charge in [-0.3, -0.25) is 19.2 Å². The van der Waals surface area contributed by atoms with E-state index >= 15 is 0 Å². The lowest BCUT2D eigenvalue weighted by atomic mass is 10.0. The second-order valence-corrected chi connectivity index (χ2v) is 20.9. The van der Waals surface area contributed by atoms with E-state index in [1.165, 1.54) is 0 Å². The van der Waals surface area contributed by atoms with Crippen LogP contribution in [0.5, 0.6) is 0 Å². The zero-order valence-corrected chi connectivity index (χ0v) is 51.9. The minimum absolute atomic E-state index is 0.0952. The average Bonchev–Trinajstić information content (AvgIpc) is 1.68. The normalized spacial score (nSPS) is 11.1. The first kappa shape index (κ1) is 66.9. The molecule has 0 spiro atoms. The van der Waals surface area contributed by atoms with Crippen molar-refractivity contribution in [1.82, 2.24) is 60.8 Å². The summed E-state index contributed by atoms with van der Waals surface area (Å²) >= 11 is 0. The Hall–Kier alpha value is -12.0. The quantitative estimate of drug-likeness (QED) is 0.0152. The predicted molar refractivity (Wildman–Crippen MR) is 332 cm³/mol. The van der Waals surface area contributed by atoms with Gasteiger partial charge < -0.3 is 55.6 Å². The molecular formula is C66H62N12O18. The highest BCUT2D eigenvalue weighted by molar-refractivity contribution is 5.82. The van der Waals surface area contributed by atoms with Crippen molar-refractivity contribution in [1.29, 1.82) is 0 Å². The van der Waals surface area contributed by atoms with Gasteiger partial charge in [0.25, 0.3) is 17.7 Å². The summed E-state index contributed by atoms with van der Waals surface area (Å²) in [6.07, 6.45) is 6.02. The fourth-order valence-corrected chi connectivity index (χ4v) is 9.04. The van der Waals surface area contributed by atoms with Crippen LogP contribution in [0.4, 0.5) is 0 Å². The minimum Gasteiger partial charge on any atom is -0.466 e. The first-order valence-electron chi connectivity index (χ1n) is 30.5. The second kappa shape index (κ2) is 33.6. The summed E-state index contributed by atoms with van der Waals surface area (Å²) in [5.74, 6) is 0.194. The number of carbonyl (C=O) groups excluding carboxylic acids is 6. The molecule has 0 atom stereocenters. The first-order valence-corrected chi connectivity index (χ1v) is 30.5. The molecule has 30 heteroatoms. The number of aromatic nitrogens is 12. The zero-order chi connectivity index (χ0) is 67.0. The maximum Gasteiger partial charge on any atom is 0.330 e. The largest absolute Gasteiger partial charge is 0.466 e. The Bertz CT molecular complexity index is 4150. The van der Waals surface area contributed by atoms with Gasteiger partial charge >= 0.3 is 35.8 Å². The molecule has 30 nitrogen and oxygen atoms in total. The van der Waals surface area contributed by atoms with Crippen LogP contribution in [-0.2, 0) is 76.5 Å². The molecule has 0 amide bonds.